The lowest BCUT2D eigenvalue weighted by atomic mass is 10.0. The third-order valence-corrected chi connectivity index (χ3v) is 8.08. The number of hydrogen-bond acceptors (Lipinski definition) is 6. The molecule has 35 heavy (non-hydrogen) atoms. The van der Waals surface area contributed by atoms with Crippen LogP contribution in [0.5, 0.6) is 11.5 Å². The fraction of sp³-hybridized carbons (Fsp3) is 0.458. The van der Waals surface area contributed by atoms with Crippen molar-refractivity contribution in [1.82, 2.24) is 10.2 Å². The minimum absolute atomic E-state index is 0.144. The van der Waals surface area contributed by atoms with Gasteiger partial charge in [-0.1, -0.05) is 58.7 Å². The smallest absolute Gasteiger partial charge is 0.320 e. The quantitative estimate of drug-likeness (QED) is 0.116. The Morgan fingerprint density at radius 1 is 1.23 bits per heavy atom. The maximum atomic E-state index is 13.2. The molecule has 8 nitrogen and oxygen atoms in total. The van der Waals surface area contributed by atoms with Gasteiger partial charge in [0.25, 0.3) is 0 Å². The molecule has 0 heterocycles. The van der Waals surface area contributed by atoms with Crippen LogP contribution in [0.2, 0.25) is 0 Å². The summed E-state index contributed by atoms with van der Waals surface area (Å²) in [7, 11) is -3.21. The number of halogens is 2. The van der Waals surface area contributed by atoms with Gasteiger partial charge in [0, 0.05) is 16.6 Å². The number of carbonyl (C=O) groups excluding carboxylic acids is 1. The van der Waals surface area contributed by atoms with Crippen LogP contribution in [0, 0.1) is 0 Å². The van der Waals surface area contributed by atoms with Gasteiger partial charge in [-0.2, -0.15) is 0 Å². The molecule has 3 unspecified atom stereocenters. The van der Waals surface area contributed by atoms with E-state index in [1.54, 1.807) is 25.1 Å². The molecule has 0 amide bonds. The highest BCUT2D eigenvalue weighted by atomic mass is 79.9. The molecular formula is C24H33Br2N2O6P. The SMILES string of the molecule is CCNP(=O)(COC1=C/C(Br)C=CC(Oc2ccc(O)c(C(C)C)c2)/C(Br)=C\1)NCC(=O)OCC. The summed E-state index contributed by atoms with van der Waals surface area (Å²) >= 11 is 7.14. The first-order chi connectivity index (χ1) is 16.6. The van der Waals surface area contributed by atoms with Gasteiger partial charge < -0.3 is 19.3 Å². The first-order valence-electron chi connectivity index (χ1n) is 11.4. The topological polar surface area (TPSA) is 106 Å². The third-order valence-electron chi connectivity index (χ3n) is 4.84. The Bertz CT molecular complexity index is 1010. The predicted molar refractivity (Wildman–Crippen MR) is 145 cm³/mol. The standard InChI is InChI=1S/C24H33Br2N2O6P/c1-5-27-35(31,28-14-24(30)32-6-2)15-33-19-11-17(25)7-10-23(21(26)13-19)34-18-8-9-22(29)20(12-18)16(3)4/h7-13,16-17,23,29H,5-6,14-15H2,1-4H3,(H2,27,28,31)/b10-7?,19-11+,21-13+. The van der Waals surface area contributed by atoms with Crippen LogP contribution in [-0.4, -0.2) is 48.1 Å². The van der Waals surface area contributed by atoms with E-state index in [0.717, 1.165) is 5.56 Å². The molecule has 1 aromatic carbocycles. The molecule has 0 saturated heterocycles. The Labute approximate surface area is 223 Å². The van der Waals surface area contributed by atoms with Crippen molar-refractivity contribution in [3.8, 4) is 11.5 Å². The molecule has 0 spiro atoms. The molecule has 2 rings (SSSR count). The fourth-order valence-corrected chi connectivity index (χ4v) is 5.58. The first-order valence-corrected chi connectivity index (χ1v) is 15.0. The summed E-state index contributed by atoms with van der Waals surface area (Å²) in [5, 5.41) is 15.7. The van der Waals surface area contributed by atoms with Crippen LogP contribution in [0.3, 0.4) is 0 Å². The normalized spacial score (nSPS) is 22.7. The molecule has 0 radical (unpaired) electrons. The number of rotatable bonds is 12. The number of hydrogen-bond donors (Lipinski definition) is 3. The largest absolute Gasteiger partial charge is 0.508 e. The van der Waals surface area contributed by atoms with Crippen LogP contribution in [0.1, 0.15) is 39.2 Å². The molecule has 0 aromatic heterocycles. The van der Waals surface area contributed by atoms with E-state index >= 15 is 0 Å². The lowest BCUT2D eigenvalue weighted by Crippen LogP contribution is -2.30. The highest BCUT2D eigenvalue weighted by molar-refractivity contribution is 9.11. The molecule has 1 aliphatic rings. The van der Waals surface area contributed by atoms with Crippen molar-refractivity contribution in [3.63, 3.8) is 0 Å². The van der Waals surface area contributed by atoms with E-state index in [2.05, 4.69) is 42.0 Å². The average Bonchev–Trinajstić information content (AvgIpc) is 2.79. The van der Waals surface area contributed by atoms with E-state index in [4.69, 9.17) is 14.2 Å². The summed E-state index contributed by atoms with van der Waals surface area (Å²) in [6, 6.07) is 5.17. The van der Waals surface area contributed by atoms with Crippen molar-refractivity contribution in [2.45, 2.75) is 44.5 Å². The molecule has 11 heteroatoms. The maximum Gasteiger partial charge on any atom is 0.320 e. The summed E-state index contributed by atoms with van der Waals surface area (Å²) in [6.07, 6.45) is 6.78. The Morgan fingerprint density at radius 2 is 1.97 bits per heavy atom. The summed E-state index contributed by atoms with van der Waals surface area (Å²) in [6.45, 7) is 8.03. The molecule has 0 aliphatic heterocycles. The van der Waals surface area contributed by atoms with Crippen LogP contribution in [0.4, 0.5) is 0 Å². The van der Waals surface area contributed by atoms with Crippen LogP contribution in [0.15, 0.2) is 52.7 Å². The van der Waals surface area contributed by atoms with Gasteiger partial charge >= 0.3 is 5.97 Å². The van der Waals surface area contributed by atoms with Gasteiger partial charge in [-0.15, -0.1) is 0 Å². The minimum atomic E-state index is -3.21. The van der Waals surface area contributed by atoms with Gasteiger partial charge in [0.15, 0.2) is 6.35 Å². The summed E-state index contributed by atoms with van der Waals surface area (Å²) < 4.78 is 30.9. The van der Waals surface area contributed by atoms with Crippen LogP contribution in [0.25, 0.3) is 0 Å². The van der Waals surface area contributed by atoms with Crippen LogP contribution >= 0.6 is 39.3 Å². The highest BCUT2D eigenvalue weighted by Gasteiger charge is 2.24. The summed E-state index contributed by atoms with van der Waals surface area (Å²) in [5.74, 6) is 0.978. The number of allylic oxidation sites excluding steroid dienone is 3. The molecular weight excluding hydrogens is 603 g/mol. The Hall–Kier alpha value is -1.58. The third kappa shape index (κ3) is 9.77. The lowest BCUT2D eigenvalue weighted by molar-refractivity contribution is -0.141. The predicted octanol–water partition coefficient (Wildman–Crippen LogP) is 5.69. The molecule has 1 aromatic rings. The zero-order chi connectivity index (χ0) is 26.0. The number of nitrogens with one attached hydrogen (secondary N) is 2. The number of benzene rings is 1. The van der Waals surface area contributed by atoms with Gasteiger partial charge in [-0.25, -0.2) is 5.09 Å². The second-order valence-corrected chi connectivity index (χ2v) is 12.3. The highest BCUT2D eigenvalue weighted by Crippen LogP contribution is 2.37. The average molecular weight is 636 g/mol. The molecule has 0 saturated carbocycles. The molecule has 0 fully saturated rings. The van der Waals surface area contributed by atoms with Crippen molar-refractivity contribution in [2.24, 2.45) is 0 Å². The van der Waals surface area contributed by atoms with E-state index in [9.17, 15) is 14.5 Å². The van der Waals surface area contributed by atoms with Crippen LogP contribution in [-0.2, 0) is 18.8 Å². The van der Waals surface area contributed by atoms with Gasteiger partial charge in [0.05, 0.1) is 11.4 Å². The molecule has 3 atom stereocenters. The number of phenolic OH excluding ortho intramolecular Hbond substituents is 1. The number of aromatic hydroxyl groups is 1. The van der Waals surface area contributed by atoms with Gasteiger partial charge in [0.1, 0.15) is 29.9 Å². The monoisotopic (exact) mass is 634 g/mol. The molecule has 3 N–H and O–H groups in total. The second-order valence-electron chi connectivity index (χ2n) is 8.01. The van der Waals surface area contributed by atoms with E-state index in [-0.39, 0.29) is 36.0 Å². The number of alkyl halides is 1. The fourth-order valence-electron chi connectivity index (χ4n) is 3.15. The summed E-state index contributed by atoms with van der Waals surface area (Å²) in [5.41, 5.74) is 0.800. The second kappa shape index (κ2) is 14.2. The Kier molecular flexibility index (Phi) is 12.1. The number of ether oxygens (including phenoxy) is 3. The number of esters is 1. The van der Waals surface area contributed by atoms with Crippen molar-refractivity contribution < 1.29 is 28.7 Å². The van der Waals surface area contributed by atoms with Gasteiger partial charge in [-0.05, 0) is 49.3 Å². The van der Waals surface area contributed by atoms with E-state index in [1.807, 2.05) is 45.1 Å². The maximum absolute atomic E-state index is 13.2. The Morgan fingerprint density at radius 3 is 2.63 bits per heavy atom. The van der Waals surface area contributed by atoms with Gasteiger partial charge in [-0.3, -0.25) is 14.4 Å². The molecule has 0 bridgehead atoms. The minimum Gasteiger partial charge on any atom is -0.508 e. The summed E-state index contributed by atoms with van der Waals surface area (Å²) in [4.78, 5) is 11.5. The van der Waals surface area contributed by atoms with Gasteiger partial charge in [0.2, 0.25) is 7.44 Å². The first kappa shape index (κ1) is 29.6. The lowest BCUT2D eigenvalue weighted by Gasteiger charge is -2.22. The number of carbonyl (C=O) groups is 1. The van der Waals surface area contributed by atoms with Crippen molar-refractivity contribution in [2.75, 3.05) is 26.0 Å². The van der Waals surface area contributed by atoms with Crippen molar-refractivity contribution >= 4 is 45.3 Å². The molecule has 1 aliphatic carbocycles. The molecule has 194 valence electrons. The van der Waals surface area contributed by atoms with Crippen molar-refractivity contribution in [3.05, 3.63) is 58.3 Å². The zero-order valence-corrected chi connectivity index (χ0v) is 24.4. The van der Waals surface area contributed by atoms with E-state index in [1.165, 1.54) is 0 Å². The van der Waals surface area contributed by atoms with E-state index in [0.29, 0.717) is 22.5 Å². The number of phenols is 1. The zero-order valence-electron chi connectivity index (χ0n) is 20.3. The van der Waals surface area contributed by atoms with Crippen molar-refractivity contribution in [1.29, 1.82) is 0 Å². The Balaban J connectivity index is 2.16. The van der Waals surface area contributed by atoms with E-state index < -0.39 is 19.5 Å². The van der Waals surface area contributed by atoms with Crippen LogP contribution < -0.4 is 14.9 Å².